The first-order valence-corrected chi connectivity index (χ1v) is 6.33. The summed E-state index contributed by atoms with van der Waals surface area (Å²) in [4.78, 5) is 0. The molecule has 14 heavy (non-hydrogen) atoms. The highest BCUT2D eigenvalue weighted by atomic mass is 32.2. The minimum Gasteiger partial charge on any atom is -0.228 e. The van der Waals surface area contributed by atoms with E-state index in [0.29, 0.717) is 12.8 Å². The van der Waals surface area contributed by atoms with Crippen molar-refractivity contribution in [3.63, 3.8) is 0 Å². The molecule has 1 saturated carbocycles. The van der Waals surface area contributed by atoms with Gasteiger partial charge in [0.2, 0.25) is 10.0 Å². The van der Waals surface area contributed by atoms with Gasteiger partial charge in [-0.2, -0.15) is 0 Å². The minimum absolute atomic E-state index is 0.00451. The van der Waals surface area contributed by atoms with Crippen LogP contribution in [-0.2, 0) is 10.0 Å². The van der Waals surface area contributed by atoms with E-state index in [-0.39, 0.29) is 11.3 Å². The fourth-order valence-electron chi connectivity index (χ4n) is 2.28. The van der Waals surface area contributed by atoms with E-state index >= 15 is 0 Å². The average Bonchev–Trinajstić information content (AvgIpc) is 2.61. The van der Waals surface area contributed by atoms with Crippen molar-refractivity contribution in [1.82, 2.24) is 0 Å². The van der Waals surface area contributed by atoms with Crippen molar-refractivity contribution in [3.05, 3.63) is 12.7 Å². The topological polar surface area (TPSA) is 60.2 Å². The van der Waals surface area contributed by atoms with Gasteiger partial charge in [0.1, 0.15) is 0 Å². The number of primary sulfonamides is 1. The van der Waals surface area contributed by atoms with E-state index in [0.717, 1.165) is 0 Å². The summed E-state index contributed by atoms with van der Waals surface area (Å²) < 4.78 is 22.3. The van der Waals surface area contributed by atoms with Gasteiger partial charge in [0, 0.05) is 0 Å². The zero-order valence-corrected chi connectivity index (χ0v) is 9.89. The molecule has 3 nitrogen and oxygen atoms in total. The quantitative estimate of drug-likeness (QED) is 0.731. The van der Waals surface area contributed by atoms with Crippen molar-refractivity contribution < 1.29 is 8.42 Å². The molecule has 82 valence electrons. The van der Waals surface area contributed by atoms with Crippen LogP contribution in [-0.4, -0.2) is 13.2 Å². The Labute approximate surface area is 86.4 Å². The maximum Gasteiger partial charge on any atom is 0.215 e. The van der Waals surface area contributed by atoms with Gasteiger partial charge in [0.05, 0.1) is 4.75 Å². The lowest BCUT2D eigenvalue weighted by Crippen LogP contribution is -2.34. The predicted octanol–water partition coefficient (Wildman–Crippen LogP) is 1.66. The lowest BCUT2D eigenvalue weighted by atomic mass is 9.88. The van der Waals surface area contributed by atoms with E-state index in [2.05, 4.69) is 6.58 Å². The molecule has 0 spiro atoms. The molecule has 0 heterocycles. The fraction of sp³-hybridized carbons (Fsp3) is 0.800. The summed E-state index contributed by atoms with van der Waals surface area (Å²) in [7, 11) is -3.46. The van der Waals surface area contributed by atoms with Crippen LogP contribution in [0.3, 0.4) is 0 Å². The van der Waals surface area contributed by atoms with Crippen molar-refractivity contribution in [2.24, 2.45) is 16.5 Å². The summed E-state index contributed by atoms with van der Waals surface area (Å²) in [6.45, 7) is 9.74. The molecule has 1 aliphatic rings. The molecule has 2 N–H and O–H groups in total. The minimum atomic E-state index is -3.46. The van der Waals surface area contributed by atoms with Gasteiger partial charge in [0.25, 0.3) is 0 Å². The second-order valence-electron chi connectivity index (χ2n) is 5.23. The van der Waals surface area contributed by atoms with Gasteiger partial charge < -0.3 is 0 Å². The van der Waals surface area contributed by atoms with E-state index < -0.39 is 14.8 Å². The summed E-state index contributed by atoms with van der Waals surface area (Å²) in [5.41, 5.74) is -0.00451. The van der Waals surface area contributed by atoms with Gasteiger partial charge in [-0.3, -0.25) is 0 Å². The second kappa shape index (κ2) is 3.07. The Morgan fingerprint density at radius 1 is 1.57 bits per heavy atom. The molecule has 1 fully saturated rings. The highest BCUT2D eigenvalue weighted by Crippen LogP contribution is 2.59. The second-order valence-corrected chi connectivity index (χ2v) is 7.13. The highest BCUT2D eigenvalue weighted by molar-refractivity contribution is 7.90. The summed E-state index contributed by atoms with van der Waals surface area (Å²) in [5, 5.41) is 5.27. The largest absolute Gasteiger partial charge is 0.228 e. The predicted molar refractivity (Wildman–Crippen MR) is 58.2 cm³/mol. The molecule has 0 radical (unpaired) electrons. The molecule has 4 heteroatoms. The van der Waals surface area contributed by atoms with Crippen molar-refractivity contribution in [3.8, 4) is 0 Å². The number of nitrogens with two attached hydrogens (primary N) is 1. The van der Waals surface area contributed by atoms with Crippen LogP contribution in [0.15, 0.2) is 12.7 Å². The van der Waals surface area contributed by atoms with Crippen LogP contribution in [0.25, 0.3) is 0 Å². The molecule has 0 aromatic heterocycles. The summed E-state index contributed by atoms with van der Waals surface area (Å²) >= 11 is 0. The molecule has 0 saturated heterocycles. The first-order chi connectivity index (χ1) is 6.15. The standard InChI is InChI=1S/C10H19NO2S/c1-5-6-10(14(11,12)13)7-8(10)9(2,3)4/h5,8H,1,6-7H2,2-4H3,(H2,11,12,13). The molecule has 1 rings (SSSR count). The third-order valence-corrected chi connectivity index (χ3v) is 4.88. The van der Waals surface area contributed by atoms with Crippen molar-refractivity contribution in [1.29, 1.82) is 0 Å². The molecule has 0 amide bonds. The number of allylic oxidation sites excluding steroid dienone is 1. The monoisotopic (exact) mass is 217 g/mol. The zero-order chi connectivity index (χ0) is 11.2. The van der Waals surface area contributed by atoms with Crippen LogP contribution in [0, 0.1) is 11.3 Å². The van der Waals surface area contributed by atoms with Crippen molar-refractivity contribution in [2.45, 2.75) is 38.4 Å². The Kier molecular flexibility index (Phi) is 2.57. The van der Waals surface area contributed by atoms with Crippen molar-refractivity contribution in [2.75, 3.05) is 0 Å². The van der Waals surface area contributed by atoms with Gasteiger partial charge >= 0.3 is 0 Å². The first kappa shape index (κ1) is 11.7. The van der Waals surface area contributed by atoms with Gasteiger partial charge in [-0.15, -0.1) is 6.58 Å². The molecule has 2 unspecified atom stereocenters. The van der Waals surface area contributed by atoms with Crippen molar-refractivity contribution >= 4 is 10.0 Å². The highest BCUT2D eigenvalue weighted by Gasteiger charge is 2.65. The SMILES string of the molecule is C=CCC1(S(N)(=O)=O)CC1C(C)(C)C. The van der Waals surface area contributed by atoms with Gasteiger partial charge in [-0.05, 0) is 24.2 Å². The normalized spacial score (nSPS) is 32.7. The van der Waals surface area contributed by atoms with Gasteiger partial charge in [-0.25, -0.2) is 13.6 Å². The summed E-state index contributed by atoms with van der Waals surface area (Å²) in [5.74, 6) is 0.156. The van der Waals surface area contributed by atoms with Crippen LogP contribution < -0.4 is 5.14 Å². The average molecular weight is 217 g/mol. The molecule has 0 bridgehead atoms. The lowest BCUT2D eigenvalue weighted by molar-refractivity contribution is 0.333. The first-order valence-electron chi connectivity index (χ1n) is 4.78. The van der Waals surface area contributed by atoms with E-state index in [4.69, 9.17) is 5.14 Å². The van der Waals surface area contributed by atoms with E-state index in [1.165, 1.54) is 0 Å². The third kappa shape index (κ3) is 1.73. The summed E-state index contributed by atoms with van der Waals surface area (Å²) in [6.07, 6.45) is 2.78. The smallest absolute Gasteiger partial charge is 0.215 e. The maximum absolute atomic E-state index is 11.5. The molecule has 0 aliphatic heterocycles. The number of rotatable bonds is 3. The maximum atomic E-state index is 11.5. The molecule has 2 atom stereocenters. The van der Waals surface area contributed by atoms with Crippen LogP contribution in [0.5, 0.6) is 0 Å². The molecular weight excluding hydrogens is 198 g/mol. The molecule has 1 aliphatic carbocycles. The van der Waals surface area contributed by atoms with Crippen LogP contribution in [0.4, 0.5) is 0 Å². The number of hydrogen-bond acceptors (Lipinski definition) is 2. The van der Waals surface area contributed by atoms with Crippen LogP contribution >= 0.6 is 0 Å². The van der Waals surface area contributed by atoms with E-state index in [9.17, 15) is 8.42 Å². The Morgan fingerprint density at radius 3 is 2.29 bits per heavy atom. The van der Waals surface area contributed by atoms with E-state index in [1.807, 2.05) is 20.8 Å². The Balaban J connectivity index is 2.99. The molecular formula is C10H19NO2S. The van der Waals surface area contributed by atoms with Crippen LogP contribution in [0.2, 0.25) is 0 Å². The Morgan fingerprint density at radius 2 is 2.07 bits per heavy atom. The molecule has 0 aromatic carbocycles. The fourth-order valence-corrected chi connectivity index (χ4v) is 3.78. The van der Waals surface area contributed by atoms with Crippen LogP contribution in [0.1, 0.15) is 33.6 Å². The van der Waals surface area contributed by atoms with Gasteiger partial charge in [-0.1, -0.05) is 26.8 Å². The Hall–Kier alpha value is -0.350. The van der Waals surface area contributed by atoms with Gasteiger partial charge in [0.15, 0.2) is 0 Å². The third-order valence-electron chi connectivity index (χ3n) is 3.13. The zero-order valence-electron chi connectivity index (χ0n) is 9.08. The lowest BCUT2D eigenvalue weighted by Gasteiger charge is -2.22. The van der Waals surface area contributed by atoms with E-state index in [1.54, 1.807) is 6.08 Å². The number of hydrogen-bond donors (Lipinski definition) is 1. The molecule has 0 aromatic rings. The summed E-state index contributed by atoms with van der Waals surface area (Å²) in [6, 6.07) is 0. The number of sulfonamides is 1. The Bertz CT molecular complexity index is 340.